The van der Waals surface area contributed by atoms with Crippen molar-refractivity contribution < 1.29 is 18.7 Å². The first-order valence-corrected chi connectivity index (χ1v) is 14.8. The topological polar surface area (TPSA) is 113 Å². The quantitative estimate of drug-likeness (QED) is 0.204. The second-order valence-corrected chi connectivity index (χ2v) is 11.1. The van der Waals surface area contributed by atoms with Crippen molar-refractivity contribution in [1.82, 2.24) is 19.9 Å². The Kier molecular flexibility index (Phi) is 8.43. The molecule has 3 heterocycles. The summed E-state index contributed by atoms with van der Waals surface area (Å²) < 4.78 is 21.5. The molecule has 1 aliphatic heterocycles. The van der Waals surface area contributed by atoms with Crippen LogP contribution in [-0.4, -0.2) is 52.7 Å². The van der Waals surface area contributed by atoms with Gasteiger partial charge in [0, 0.05) is 41.9 Å². The minimum Gasteiger partial charge on any atom is -0.378 e. The predicted octanol–water partition coefficient (Wildman–Crippen LogP) is 5.81. The first kappa shape index (κ1) is 29.8. The van der Waals surface area contributed by atoms with E-state index in [0.29, 0.717) is 60.3 Å². The third-order valence-corrected chi connectivity index (χ3v) is 7.99. The summed E-state index contributed by atoms with van der Waals surface area (Å²) in [6.07, 6.45) is 3.11. The second-order valence-electron chi connectivity index (χ2n) is 11.1. The molecular formula is C34H34FN7O3. The van der Waals surface area contributed by atoms with E-state index in [0.717, 1.165) is 16.7 Å². The summed E-state index contributed by atoms with van der Waals surface area (Å²) in [7, 11) is 0. The highest BCUT2D eigenvalue weighted by Crippen LogP contribution is 2.29. The molecule has 45 heavy (non-hydrogen) atoms. The van der Waals surface area contributed by atoms with E-state index in [4.69, 9.17) is 4.74 Å². The Hall–Kier alpha value is -5.29. The minimum absolute atomic E-state index is 0.177. The number of aryl methyl sites for hydroxylation is 2. The van der Waals surface area contributed by atoms with Gasteiger partial charge in [0.2, 0.25) is 0 Å². The lowest BCUT2D eigenvalue weighted by Crippen LogP contribution is -2.36. The highest BCUT2D eigenvalue weighted by atomic mass is 19.1. The maximum atomic E-state index is 14.5. The van der Waals surface area contributed by atoms with Gasteiger partial charge in [-0.15, -0.1) is 0 Å². The number of carbonyl (C=O) groups excluding carboxylic acids is 2. The van der Waals surface area contributed by atoms with Crippen LogP contribution in [-0.2, 0) is 4.74 Å². The lowest BCUT2D eigenvalue weighted by molar-refractivity contribution is 0.0938. The third-order valence-electron chi connectivity index (χ3n) is 7.99. The molecule has 230 valence electrons. The average Bonchev–Trinajstić information content (AvgIpc) is 3.40. The van der Waals surface area contributed by atoms with Crippen LogP contribution in [0.1, 0.15) is 50.4 Å². The number of halogens is 1. The number of fused-ring (bicyclic) bond motifs is 1. The molecule has 1 fully saturated rings. The monoisotopic (exact) mass is 607 g/mol. The van der Waals surface area contributed by atoms with E-state index in [9.17, 15) is 14.0 Å². The number of benzene rings is 3. The molecule has 0 spiro atoms. The Morgan fingerprint density at radius 1 is 0.978 bits per heavy atom. The number of hydrogen-bond acceptors (Lipinski definition) is 7. The molecule has 6 rings (SSSR count). The summed E-state index contributed by atoms with van der Waals surface area (Å²) in [6, 6.07) is 19.4. The van der Waals surface area contributed by atoms with Crippen LogP contribution in [0.3, 0.4) is 0 Å². The van der Waals surface area contributed by atoms with Gasteiger partial charge >= 0.3 is 0 Å². The number of carbonyl (C=O) groups is 2. The molecule has 2 aromatic heterocycles. The predicted molar refractivity (Wildman–Crippen MR) is 172 cm³/mol. The summed E-state index contributed by atoms with van der Waals surface area (Å²) in [5.41, 5.74) is 5.87. The zero-order valence-electron chi connectivity index (χ0n) is 25.3. The van der Waals surface area contributed by atoms with Crippen molar-refractivity contribution in [3.63, 3.8) is 0 Å². The Labute approximate surface area is 260 Å². The Morgan fingerprint density at radius 2 is 1.76 bits per heavy atom. The number of ether oxygens (including phenoxy) is 1. The van der Waals surface area contributed by atoms with Gasteiger partial charge < -0.3 is 25.6 Å². The number of nitrogens with zero attached hydrogens (tertiary/aromatic N) is 4. The lowest BCUT2D eigenvalue weighted by atomic mass is 10.1. The average molecular weight is 608 g/mol. The number of nitrogens with one attached hydrogen (secondary N) is 3. The zero-order valence-corrected chi connectivity index (χ0v) is 25.3. The van der Waals surface area contributed by atoms with Gasteiger partial charge in [0.05, 0.1) is 24.8 Å². The summed E-state index contributed by atoms with van der Waals surface area (Å²) >= 11 is 0. The molecule has 0 unspecified atom stereocenters. The van der Waals surface area contributed by atoms with Crippen LogP contribution in [0.2, 0.25) is 0 Å². The highest BCUT2D eigenvalue weighted by Gasteiger charge is 2.21. The van der Waals surface area contributed by atoms with Crippen molar-refractivity contribution in [2.24, 2.45) is 0 Å². The molecule has 10 nitrogen and oxygen atoms in total. The number of anilines is 4. The second kappa shape index (κ2) is 12.7. The van der Waals surface area contributed by atoms with Crippen LogP contribution in [0.15, 0.2) is 79.3 Å². The molecule has 3 N–H and O–H groups in total. The molecule has 1 aliphatic rings. The number of amides is 2. The van der Waals surface area contributed by atoms with Gasteiger partial charge in [0.25, 0.3) is 11.8 Å². The van der Waals surface area contributed by atoms with E-state index in [2.05, 4.69) is 26.0 Å². The fraction of sp³-hybridized carbons (Fsp3) is 0.235. The minimum atomic E-state index is -0.478. The Morgan fingerprint density at radius 3 is 2.53 bits per heavy atom. The Bertz CT molecular complexity index is 1870. The summed E-state index contributed by atoms with van der Waals surface area (Å²) in [6.45, 7) is 8.11. The van der Waals surface area contributed by atoms with Crippen LogP contribution < -0.4 is 20.9 Å². The maximum absolute atomic E-state index is 14.5. The fourth-order valence-corrected chi connectivity index (χ4v) is 5.46. The smallest absolute Gasteiger partial charge is 0.255 e. The normalized spacial score (nSPS) is 13.8. The number of hydrogen-bond donors (Lipinski definition) is 3. The van der Waals surface area contributed by atoms with Crippen molar-refractivity contribution >= 4 is 40.2 Å². The van der Waals surface area contributed by atoms with Gasteiger partial charge in [-0.3, -0.25) is 9.59 Å². The van der Waals surface area contributed by atoms with Gasteiger partial charge in [0.1, 0.15) is 17.7 Å². The van der Waals surface area contributed by atoms with E-state index in [1.165, 1.54) is 18.5 Å². The number of aromatic nitrogens is 3. The molecule has 0 radical (unpaired) electrons. The molecule has 0 aliphatic carbocycles. The van der Waals surface area contributed by atoms with Crippen molar-refractivity contribution in [2.75, 3.05) is 41.8 Å². The van der Waals surface area contributed by atoms with Crippen molar-refractivity contribution in [2.45, 2.75) is 26.8 Å². The van der Waals surface area contributed by atoms with Crippen LogP contribution in [0, 0.1) is 19.7 Å². The zero-order chi connectivity index (χ0) is 31.5. The van der Waals surface area contributed by atoms with E-state index in [1.54, 1.807) is 28.9 Å². The molecule has 2 amide bonds. The molecular weight excluding hydrogens is 573 g/mol. The van der Waals surface area contributed by atoms with Gasteiger partial charge in [-0.05, 0) is 67.8 Å². The molecule has 1 atom stereocenters. The maximum Gasteiger partial charge on any atom is 0.255 e. The molecule has 0 saturated carbocycles. The lowest BCUT2D eigenvalue weighted by Gasteiger charge is -2.29. The third kappa shape index (κ3) is 6.48. The largest absolute Gasteiger partial charge is 0.378 e. The van der Waals surface area contributed by atoms with Crippen LogP contribution in [0.25, 0.3) is 5.52 Å². The fourth-order valence-electron chi connectivity index (χ4n) is 5.46. The summed E-state index contributed by atoms with van der Waals surface area (Å²) in [5, 5.41) is 13.6. The molecule has 0 bridgehead atoms. The van der Waals surface area contributed by atoms with Gasteiger partial charge in [-0.1, -0.05) is 36.4 Å². The van der Waals surface area contributed by atoms with E-state index >= 15 is 0 Å². The number of rotatable bonds is 8. The molecule has 5 aromatic rings. The molecule has 11 heteroatoms. The molecule has 1 saturated heterocycles. The standard InChI is InChI=1S/C34H34FN7O3/c1-21-9-10-27(39-33(43)25-15-26(35)17-28(16-25)41-11-13-45-14-12-41)18-30(21)40-32-31-22(2)29(19-42(31)37-20-36-32)34(44)38-23(3)24-7-5-4-6-8-24/h4-10,15-20,23H,11-14H2,1-3H3,(H,38,44)(H,39,43)(H,36,37,40)/t23-/m0/s1. The van der Waals surface area contributed by atoms with Gasteiger partial charge in [-0.2, -0.15) is 5.10 Å². The first-order chi connectivity index (χ1) is 21.8. The van der Waals surface area contributed by atoms with E-state index in [1.807, 2.05) is 62.1 Å². The van der Waals surface area contributed by atoms with Gasteiger partial charge in [-0.25, -0.2) is 13.9 Å². The van der Waals surface area contributed by atoms with E-state index < -0.39 is 11.7 Å². The highest BCUT2D eigenvalue weighted by molar-refractivity contribution is 6.05. The SMILES string of the molecule is Cc1ccc(NC(=O)c2cc(F)cc(N3CCOCC3)c2)cc1Nc1ncnn2cc(C(=O)N[C@@H](C)c3ccccc3)c(C)c12. The van der Waals surface area contributed by atoms with Gasteiger partial charge in [0.15, 0.2) is 5.82 Å². The number of morpholine rings is 1. The van der Waals surface area contributed by atoms with Crippen LogP contribution in [0.4, 0.5) is 27.3 Å². The Balaban J connectivity index is 1.22. The van der Waals surface area contributed by atoms with Crippen molar-refractivity contribution in [3.8, 4) is 0 Å². The summed E-state index contributed by atoms with van der Waals surface area (Å²) in [4.78, 5) is 33.0. The summed E-state index contributed by atoms with van der Waals surface area (Å²) in [5.74, 6) is -0.612. The van der Waals surface area contributed by atoms with Crippen molar-refractivity contribution in [3.05, 3.63) is 113 Å². The van der Waals surface area contributed by atoms with Crippen LogP contribution >= 0.6 is 0 Å². The van der Waals surface area contributed by atoms with Crippen LogP contribution in [0.5, 0.6) is 0 Å². The first-order valence-electron chi connectivity index (χ1n) is 14.8. The molecule has 3 aromatic carbocycles. The van der Waals surface area contributed by atoms with Crippen molar-refractivity contribution in [1.29, 1.82) is 0 Å². The van der Waals surface area contributed by atoms with E-state index in [-0.39, 0.29) is 17.5 Å².